The van der Waals surface area contributed by atoms with Gasteiger partial charge in [0.05, 0.1) is 0 Å². The van der Waals surface area contributed by atoms with Gasteiger partial charge >= 0.3 is 0 Å². The second-order valence-electron chi connectivity index (χ2n) is 5.10. The van der Waals surface area contributed by atoms with Gasteiger partial charge in [-0.3, -0.25) is 0 Å². The van der Waals surface area contributed by atoms with Crippen molar-refractivity contribution < 1.29 is 0 Å². The lowest BCUT2D eigenvalue weighted by Gasteiger charge is -2.13. The van der Waals surface area contributed by atoms with E-state index in [2.05, 4.69) is 30.3 Å². The van der Waals surface area contributed by atoms with E-state index in [1.165, 1.54) is 44.1 Å². The van der Waals surface area contributed by atoms with Crippen molar-refractivity contribution in [2.24, 2.45) is 11.7 Å². The molecule has 2 N–H and O–H groups in total. The molecule has 0 spiro atoms. The van der Waals surface area contributed by atoms with Gasteiger partial charge < -0.3 is 5.73 Å². The largest absolute Gasteiger partial charge is 0.324 e. The van der Waals surface area contributed by atoms with Crippen molar-refractivity contribution in [2.75, 3.05) is 0 Å². The molecule has 2 rings (SSSR count). The quantitative estimate of drug-likeness (QED) is 0.791. The summed E-state index contributed by atoms with van der Waals surface area (Å²) in [5.41, 5.74) is 7.47. The molecule has 1 aromatic carbocycles. The van der Waals surface area contributed by atoms with E-state index in [4.69, 9.17) is 5.73 Å². The van der Waals surface area contributed by atoms with Gasteiger partial charge in [-0.2, -0.15) is 0 Å². The zero-order valence-corrected chi connectivity index (χ0v) is 10.1. The standard InChI is InChI=1S/C15H23N/c16-15(14-10-2-1-3-11-14)12-6-9-13-7-4-5-8-13/h1-3,10-11,13,15H,4-9,12,16H2. The molecule has 16 heavy (non-hydrogen) atoms. The van der Waals surface area contributed by atoms with E-state index in [0.29, 0.717) is 0 Å². The first-order chi connectivity index (χ1) is 7.86. The van der Waals surface area contributed by atoms with Crippen LogP contribution < -0.4 is 5.73 Å². The number of benzene rings is 1. The maximum Gasteiger partial charge on any atom is 0.0294 e. The normalized spacial score (nSPS) is 18.8. The van der Waals surface area contributed by atoms with E-state index in [1.807, 2.05) is 0 Å². The van der Waals surface area contributed by atoms with Crippen molar-refractivity contribution >= 4 is 0 Å². The lowest BCUT2D eigenvalue weighted by Crippen LogP contribution is -2.10. The van der Waals surface area contributed by atoms with E-state index >= 15 is 0 Å². The van der Waals surface area contributed by atoms with E-state index < -0.39 is 0 Å². The lowest BCUT2D eigenvalue weighted by atomic mass is 9.96. The molecule has 0 aromatic heterocycles. The molecular formula is C15H23N. The number of nitrogens with two attached hydrogens (primary N) is 1. The fourth-order valence-electron chi connectivity index (χ4n) is 2.79. The molecule has 0 heterocycles. The third-order valence-corrected chi connectivity index (χ3v) is 3.83. The Morgan fingerprint density at radius 1 is 1.12 bits per heavy atom. The molecule has 1 atom stereocenters. The molecule has 1 aliphatic rings. The first-order valence-corrected chi connectivity index (χ1v) is 6.67. The molecule has 1 aliphatic carbocycles. The monoisotopic (exact) mass is 217 g/mol. The van der Waals surface area contributed by atoms with Gasteiger partial charge in [-0.05, 0) is 17.9 Å². The van der Waals surface area contributed by atoms with Crippen LogP contribution in [0, 0.1) is 5.92 Å². The van der Waals surface area contributed by atoms with Gasteiger partial charge in [0.15, 0.2) is 0 Å². The fraction of sp³-hybridized carbons (Fsp3) is 0.600. The van der Waals surface area contributed by atoms with Crippen LogP contribution in [0.25, 0.3) is 0 Å². The Hall–Kier alpha value is -0.820. The Balaban J connectivity index is 1.69. The fourth-order valence-corrected chi connectivity index (χ4v) is 2.79. The van der Waals surface area contributed by atoms with Crippen LogP contribution in [-0.4, -0.2) is 0 Å². The molecule has 0 amide bonds. The van der Waals surface area contributed by atoms with Gasteiger partial charge in [0.25, 0.3) is 0 Å². The molecular weight excluding hydrogens is 194 g/mol. The zero-order chi connectivity index (χ0) is 11.2. The van der Waals surface area contributed by atoms with Crippen LogP contribution in [0.4, 0.5) is 0 Å². The molecule has 0 radical (unpaired) electrons. The molecule has 1 saturated carbocycles. The second kappa shape index (κ2) is 6.05. The van der Waals surface area contributed by atoms with Crippen molar-refractivity contribution in [3.63, 3.8) is 0 Å². The Bertz CT molecular complexity index is 288. The van der Waals surface area contributed by atoms with Gasteiger partial charge in [-0.15, -0.1) is 0 Å². The molecule has 1 nitrogen and oxygen atoms in total. The summed E-state index contributed by atoms with van der Waals surface area (Å²) in [5, 5.41) is 0. The SMILES string of the molecule is NC(CCCC1CCCC1)c1ccccc1. The molecule has 1 fully saturated rings. The average Bonchev–Trinajstić information content (AvgIpc) is 2.83. The van der Waals surface area contributed by atoms with Gasteiger partial charge in [0, 0.05) is 6.04 Å². The molecule has 0 bridgehead atoms. The Kier molecular flexibility index (Phi) is 4.41. The first kappa shape index (κ1) is 11.7. The minimum absolute atomic E-state index is 0.239. The minimum atomic E-state index is 0.239. The van der Waals surface area contributed by atoms with Crippen molar-refractivity contribution in [3.8, 4) is 0 Å². The van der Waals surface area contributed by atoms with Crippen LogP contribution >= 0.6 is 0 Å². The van der Waals surface area contributed by atoms with Crippen LogP contribution in [0.5, 0.6) is 0 Å². The lowest BCUT2D eigenvalue weighted by molar-refractivity contribution is 0.456. The maximum absolute atomic E-state index is 6.18. The maximum atomic E-state index is 6.18. The summed E-state index contributed by atoms with van der Waals surface area (Å²) in [6.07, 6.45) is 9.65. The van der Waals surface area contributed by atoms with Gasteiger partial charge in [0.2, 0.25) is 0 Å². The molecule has 1 heteroatoms. The van der Waals surface area contributed by atoms with Crippen LogP contribution in [-0.2, 0) is 0 Å². The van der Waals surface area contributed by atoms with E-state index in [0.717, 1.165) is 12.3 Å². The van der Waals surface area contributed by atoms with Gasteiger partial charge in [0.1, 0.15) is 0 Å². The van der Waals surface area contributed by atoms with Crippen LogP contribution in [0.3, 0.4) is 0 Å². The number of hydrogen-bond acceptors (Lipinski definition) is 1. The highest BCUT2D eigenvalue weighted by atomic mass is 14.6. The van der Waals surface area contributed by atoms with E-state index in [9.17, 15) is 0 Å². The Morgan fingerprint density at radius 2 is 1.81 bits per heavy atom. The van der Waals surface area contributed by atoms with Crippen molar-refractivity contribution in [2.45, 2.75) is 51.0 Å². The zero-order valence-electron chi connectivity index (χ0n) is 10.1. The van der Waals surface area contributed by atoms with E-state index in [-0.39, 0.29) is 6.04 Å². The highest BCUT2D eigenvalue weighted by Crippen LogP contribution is 2.30. The van der Waals surface area contributed by atoms with Crippen LogP contribution in [0.15, 0.2) is 30.3 Å². The Morgan fingerprint density at radius 3 is 2.50 bits per heavy atom. The van der Waals surface area contributed by atoms with Crippen LogP contribution in [0.1, 0.15) is 56.6 Å². The predicted octanol–water partition coefficient (Wildman–Crippen LogP) is 4.05. The number of rotatable bonds is 5. The highest BCUT2D eigenvalue weighted by Gasteiger charge is 2.15. The molecule has 1 unspecified atom stereocenters. The van der Waals surface area contributed by atoms with Gasteiger partial charge in [-0.25, -0.2) is 0 Å². The molecule has 0 aliphatic heterocycles. The molecule has 1 aromatic rings. The summed E-state index contributed by atoms with van der Waals surface area (Å²) >= 11 is 0. The van der Waals surface area contributed by atoms with Crippen molar-refractivity contribution in [3.05, 3.63) is 35.9 Å². The smallest absolute Gasteiger partial charge is 0.0294 e. The van der Waals surface area contributed by atoms with Crippen molar-refractivity contribution in [1.29, 1.82) is 0 Å². The average molecular weight is 217 g/mol. The molecule has 88 valence electrons. The third kappa shape index (κ3) is 3.34. The van der Waals surface area contributed by atoms with Crippen molar-refractivity contribution in [1.82, 2.24) is 0 Å². The Labute approximate surface area is 99.0 Å². The highest BCUT2D eigenvalue weighted by molar-refractivity contribution is 5.18. The summed E-state index contributed by atoms with van der Waals surface area (Å²) in [6, 6.07) is 10.7. The summed E-state index contributed by atoms with van der Waals surface area (Å²) in [6.45, 7) is 0. The molecule has 0 saturated heterocycles. The second-order valence-corrected chi connectivity index (χ2v) is 5.10. The first-order valence-electron chi connectivity index (χ1n) is 6.67. The summed E-state index contributed by atoms with van der Waals surface area (Å²) in [7, 11) is 0. The van der Waals surface area contributed by atoms with E-state index in [1.54, 1.807) is 0 Å². The number of hydrogen-bond donors (Lipinski definition) is 1. The topological polar surface area (TPSA) is 26.0 Å². The van der Waals surface area contributed by atoms with Gasteiger partial charge in [-0.1, -0.05) is 68.9 Å². The minimum Gasteiger partial charge on any atom is -0.324 e. The summed E-state index contributed by atoms with van der Waals surface area (Å²) < 4.78 is 0. The predicted molar refractivity (Wildman–Crippen MR) is 69.2 cm³/mol. The van der Waals surface area contributed by atoms with Crippen LogP contribution in [0.2, 0.25) is 0 Å². The third-order valence-electron chi connectivity index (χ3n) is 3.83. The summed E-state index contributed by atoms with van der Waals surface area (Å²) in [5.74, 6) is 1.00. The summed E-state index contributed by atoms with van der Waals surface area (Å²) in [4.78, 5) is 0.